The fourth-order valence-corrected chi connectivity index (χ4v) is 10.6. The molecule has 5 bridgehead atoms. The van der Waals surface area contributed by atoms with E-state index in [4.69, 9.17) is 23.8 Å². The van der Waals surface area contributed by atoms with Crippen LogP contribution in [-0.4, -0.2) is 131 Å². The number of aromatic nitrogens is 1. The first-order chi connectivity index (χ1) is 35.6. The fourth-order valence-electron chi connectivity index (χ4n) is 10.6. The SMILES string of the molecule is CO[C@H]1/C=C/O[C@@]2(C)Oc3c(C)c(O)c4c(c3/C2=N\OCCN2CCN(c3cc5c(cc3F)c(=O)c(C)cn5C3CC3)CC2)C(=O)C=C(NC(=O)/C(C)=C\C=C\[C@H](C)[C@H](O)[C@@H](C)[C@@H](O)[C@@H](C)[C@H](OC(C)=O)[C@@H]1C)C4=O. The number of aliphatic hydroxyl groups is 2. The van der Waals surface area contributed by atoms with Gasteiger partial charge in [-0.3, -0.25) is 28.9 Å². The number of phenols is 1. The average molecular weight is 1040 g/mol. The number of piperazine rings is 1. The van der Waals surface area contributed by atoms with E-state index in [1.54, 1.807) is 58.9 Å². The number of amides is 1. The Morgan fingerprint density at radius 1 is 0.947 bits per heavy atom. The van der Waals surface area contributed by atoms with E-state index in [1.165, 1.54) is 53.2 Å². The van der Waals surface area contributed by atoms with E-state index >= 15 is 4.39 Å². The first-order valence-corrected chi connectivity index (χ1v) is 25.6. The number of ketones is 2. The van der Waals surface area contributed by atoms with Gasteiger partial charge in [0, 0.05) is 118 Å². The van der Waals surface area contributed by atoms with Crippen molar-refractivity contribution in [1.82, 2.24) is 14.8 Å². The van der Waals surface area contributed by atoms with E-state index in [2.05, 4.69) is 19.9 Å². The molecule has 18 nitrogen and oxygen atoms in total. The molecule has 9 rings (SSSR count). The van der Waals surface area contributed by atoms with Crippen molar-refractivity contribution in [3.8, 4) is 11.5 Å². The number of aryl methyl sites for hydroxylation is 1. The summed E-state index contributed by atoms with van der Waals surface area (Å²) in [6, 6.07) is 3.43. The van der Waals surface area contributed by atoms with E-state index in [9.17, 15) is 39.3 Å². The van der Waals surface area contributed by atoms with Gasteiger partial charge in [-0.15, -0.1) is 0 Å². The van der Waals surface area contributed by atoms with Gasteiger partial charge in [0.1, 0.15) is 30.0 Å². The Bertz CT molecular complexity index is 3000. The monoisotopic (exact) mass is 1040 g/mol. The predicted molar refractivity (Wildman–Crippen MR) is 277 cm³/mol. The number of pyridine rings is 1. The molecule has 3 aromatic rings. The van der Waals surface area contributed by atoms with Crippen LogP contribution in [-0.2, 0) is 28.6 Å². The van der Waals surface area contributed by atoms with Crippen LogP contribution in [0, 0.1) is 43.3 Å². The lowest BCUT2D eigenvalue weighted by Crippen LogP contribution is -2.47. The second kappa shape index (κ2) is 21.9. The Labute approximate surface area is 435 Å². The maximum absolute atomic E-state index is 15.7. The molecule has 2 aliphatic carbocycles. The van der Waals surface area contributed by atoms with Crippen LogP contribution < -0.4 is 20.4 Å². The minimum Gasteiger partial charge on any atom is -0.507 e. The van der Waals surface area contributed by atoms with Crippen molar-refractivity contribution in [2.45, 2.75) is 111 Å². The molecule has 0 radical (unpaired) electrons. The Morgan fingerprint density at radius 3 is 2.32 bits per heavy atom. The number of Topliss-reactive ketones (excluding diaryl/α,β-unsaturated/α-hetero) is 1. The second-order valence-electron chi connectivity index (χ2n) is 20.8. The molecule has 9 atom stereocenters. The minimum atomic E-state index is -1.88. The highest BCUT2D eigenvalue weighted by atomic mass is 19.1. The number of nitrogens with one attached hydrogen (secondary N) is 1. The van der Waals surface area contributed by atoms with E-state index in [1.807, 2.05) is 11.1 Å². The highest BCUT2D eigenvalue weighted by Crippen LogP contribution is 2.48. The molecular formula is C56H68FN5O13. The largest absolute Gasteiger partial charge is 0.507 e. The van der Waals surface area contributed by atoms with Crippen LogP contribution in [0.5, 0.6) is 11.5 Å². The van der Waals surface area contributed by atoms with Crippen LogP contribution in [0.25, 0.3) is 10.9 Å². The number of methoxy groups -OCH3 is 1. The van der Waals surface area contributed by atoms with E-state index in [0.717, 1.165) is 24.4 Å². The van der Waals surface area contributed by atoms with Gasteiger partial charge in [0.2, 0.25) is 5.78 Å². The number of anilines is 1. The minimum absolute atomic E-state index is 0.0103. The Kier molecular flexibility index (Phi) is 15.9. The van der Waals surface area contributed by atoms with Crippen molar-refractivity contribution in [2.24, 2.45) is 28.8 Å². The van der Waals surface area contributed by atoms with Gasteiger partial charge in [-0.05, 0) is 51.8 Å². The first-order valence-electron chi connectivity index (χ1n) is 25.6. The third kappa shape index (κ3) is 10.8. The van der Waals surface area contributed by atoms with Gasteiger partial charge in [-0.1, -0.05) is 51.1 Å². The summed E-state index contributed by atoms with van der Waals surface area (Å²) >= 11 is 0. The highest BCUT2D eigenvalue weighted by Gasteiger charge is 2.51. The fraction of sp³-hybridized carbons (Fsp3) is 0.500. The molecule has 1 aromatic heterocycles. The molecule has 0 unspecified atom stereocenters. The number of esters is 1. The molecule has 2 aromatic carbocycles. The summed E-state index contributed by atoms with van der Waals surface area (Å²) < 4.78 is 42.4. The van der Waals surface area contributed by atoms with E-state index in [0.29, 0.717) is 49.4 Å². The molecule has 4 aliphatic heterocycles. The molecular weight excluding hydrogens is 970 g/mol. The zero-order valence-electron chi connectivity index (χ0n) is 44.1. The number of benzene rings is 2. The maximum Gasteiger partial charge on any atom is 0.302 e. The van der Waals surface area contributed by atoms with Gasteiger partial charge < -0.3 is 53.9 Å². The van der Waals surface area contributed by atoms with Crippen LogP contribution in [0.4, 0.5) is 10.1 Å². The van der Waals surface area contributed by atoms with Gasteiger partial charge in [-0.2, -0.15) is 0 Å². The van der Waals surface area contributed by atoms with E-state index < -0.39 is 88.9 Å². The molecule has 402 valence electrons. The van der Waals surface area contributed by atoms with Gasteiger partial charge in [0.05, 0.1) is 58.2 Å². The molecule has 75 heavy (non-hydrogen) atoms. The van der Waals surface area contributed by atoms with E-state index in [-0.39, 0.29) is 63.1 Å². The van der Waals surface area contributed by atoms with Crippen molar-refractivity contribution in [3.05, 3.63) is 110 Å². The molecule has 1 amide bonds. The average Bonchev–Trinajstić information content (AvgIpc) is 4.19. The van der Waals surface area contributed by atoms with Crippen LogP contribution in [0.2, 0.25) is 0 Å². The number of oxime groups is 1. The van der Waals surface area contributed by atoms with Crippen molar-refractivity contribution in [3.63, 3.8) is 0 Å². The predicted octanol–water partition coefficient (Wildman–Crippen LogP) is 6.09. The highest BCUT2D eigenvalue weighted by molar-refractivity contribution is 6.31. The van der Waals surface area contributed by atoms with Gasteiger partial charge in [0.25, 0.3) is 11.7 Å². The van der Waals surface area contributed by atoms with Crippen molar-refractivity contribution in [1.29, 1.82) is 0 Å². The Balaban J connectivity index is 1.09. The number of carbonyl (C=O) groups is 4. The lowest BCUT2D eigenvalue weighted by atomic mass is 9.78. The summed E-state index contributed by atoms with van der Waals surface area (Å²) in [5.74, 6) is -8.34. The molecule has 6 aliphatic rings. The number of allylic oxidation sites excluding steroid dienone is 4. The number of rotatable bonds is 8. The van der Waals surface area contributed by atoms with Gasteiger partial charge in [0.15, 0.2) is 16.9 Å². The number of phenolic OH excluding ortho intramolecular Hbond substituents is 1. The summed E-state index contributed by atoms with van der Waals surface area (Å²) in [5.41, 5.74) is 0.746. The lowest BCUT2D eigenvalue weighted by molar-refractivity contribution is -0.160. The van der Waals surface area contributed by atoms with Crippen LogP contribution >= 0.6 is 0 Å². The number of carbonyl (C=O) groups excluding carboxylic acids is 4. The Hall–Kier alpha value is -6.67. The normalized spacial score (nSPS) is 30.0. The summed E-state index contributed by atoms with van der Waals surface area (Å²) in [7, 11) is 1.45. The zero-order chi connectivity index (χ0) is 54.4. The molecule has 2 fully saturated rings. The van der Waals surface area contributed by atoms with Crippen LogP contribution in [0.3, 0.4) is 0 Å². The van der Waals surface area contributed by atoms with Crippen molar-refractivity contribution in [2.75, 3.05) is 51.3 Å². The third-order valence-electron chi connectivity index (χ3n) is 15.4. The molecule has 19 heteroatoms. The number of nitrogens with zero attached hydrogens (tertiary/aromatic N) is 4. The van der Waals surface area contributed by atoms with Crippen molar-refractivity contribution >= 4 is 45.7 Å². The number of hydrogen-bond donors (Lipinski definition) is 4. The zero-order valence-corrected chi connectivity index (χ0v) is 44.1. The number of hydrogen-bond acceptors (Lipinski definition) is 16. The van der Waals surface area contributed by atoms with Crippen LogP contribution in [0.1, 0.15) is 105 Å². The number of aliphatic hydroxyl groups excluding tert-OH is 2. The number of halogens is 1. The first kappa shape index (κ1) is 54.6. The number of fused-ring (bicyclic) bond motifs is 15. The lowest BCUT2D eigenvalue weighted by Gasteiger charge is -2.38. The van der Waals surface area contributed by atoms with Gasteiger partial charge in [-0.25, -0.2) is 4.39 Å². The molecule has 1 saturated carbocycles. The smallest absolute Gasteiger partial charge is 0.302 e. The summed E-state index contributed by atoms with van der Waals surface area (Å²) in [6.07, 6.45) is 8.43. The standard InChI is InChI=1S/C56H68FN5O13/c1-28-12-11-13-29(2)55(70)58-39-25-42(64)44-45(51(39)69)50(68)34(7)53-46(44)54(56(9,75-53)72-22-16-43(71-10)31(4)52(74-35(8)63)33(6)49(67)32(5)47(28)65)59-73-23-21-60-17-19-61(20-18-60)41-26-40-37(24-38(41)57)48(66)30(3)27-62(40)36-14-15-36/h11-13,16,22,24-28,31-33,36,43,47,49,52,65,67-68H,14-15,17-21,23H2,1-10H3,(H,58,70)/b12-11+,22-16+,29-13-,59-54+/t28-,31+,32+,33+,43-,47-,49+,52+,56-/m0/s1. The molecule has 4 N–H and O–H groups in total. The quantitative estimate of drug-likeness (QED) is 0.114. The summed E-state index contributed by atoms with van der Waals surface area (Å²) in [4.78, 5) is 77.8. The number of aromatic hydroxyl groups is 1. The molecule has 5 heterocycles. The summed E-state index contributed by atoms with van der Waals surface area (Å²) in [6.45, 7) is 17.0. The third-order valence-corrected chi connectivity index (χ3v) is 15.4. The Morgan fingerprint density at radius 2 is 1.65 bits per heavy atom. The topological polar surface area (TPSA) is 228 Å². The molecule has 1 saturated heterocycles. The van der Waals surface area contributed by atoms with Crippen LogP contribution in [0.15, 0.2) is 76.2 Å². The van der Waals surface area contributed by atoms with Crippen molar-refractivity contribution < 1.29 is 62.7 Å². The summed E-state index contributed by atoms with van der Waals surface area (Å²) in [5, 5.41) is 42.1. The second-order valence-corrected chi connectivity index (χ2v) is 20.8. The molecule has 0 spiro atoms. The van der Waals surface area contributed by atoms with Gasteiger partial charge >= 0.3 is 5.97 Å². The number of ether oxygens (including phenoxy) is 4. The maximum atomic E-state index is 15.7.